The van der Waals surface area contributed by atoms with Crippen LogP contribution < -0.4 is 28.4 Å². The first kappa shape index (κ1) is 79.1. The molecule has 6 fully saturated rings. The Hall–Kier alpha value is -8.92. The van der Waals surface area contributed by atoms with E-state index in [1.54, 1.807) is 42.7 Å². The molecule has 2 aromatic heterocycles. The predicted octanol–water partition coefficient (Wildman–Crippen LogP) is 15.3. The fourth-order valence-electron chi connectivity index (χ4n) is 19.4. The number of benzene rings is 4. The van der Waals surface area contributed by atoms with Crippen molar-refractivity contribution >= 4 is 18.1 Å². The van der Waals surface area contributed by atoms with E-state index >= 15 is 0 Å². The molecular weight excluding hydrogens is 1350 g/mol. The van der Waals surface area contributed by atoms with Crippen molar-refractivity contribution in [1.82, 2.24) is 58.4 Å². The van der Waals surface area contributed by atoms with Crippen LogP contribution in [0.3, 0.4) is 0 Å². The van der Waals surface area contributed by atoms with Gasteiger partial charge in [0.2, 0.25) is 0 Å². The Kier molecular flexibility index (Phi) is 23.7. The van der Waals surface area contributed by atoms with E-state index < -0.39 is 0 Å². The van der Waals surface area contributed by atoms with Crippen LogP contribution in [0.1, 0.15) is 180 Å². The van der Waals surface area contributed by atoms with Crippen molar-refractivity contribution in [3.05, 3.63) is 181 Å². The zero-order valence-electron chi connectivity index (χ0n) is 65.4. The molecule has 578 valence electrons. The molecular formula is C86H120N12O9. The second kappa shape index (κ2) is 32.1. The van der Waals surface area contributed by atoms with Gasteiger partial charge in [-0.15, -0.1) is 0 Å². The summed E-state index contributed by atoms with van der Waals surface area (Å²) in [6, 6.07) is 23.5. The second-order valence-electron chi connectivity index (χ2n) is 30.5. The Morgan fingerprint density at radius 2 is 0.804 bits per heavy atom. The van der Waals surface area contributed by atoms with Crippen molar-refractivity contribution in [3.63, 3.8) is 0 Å². The van der Waals surface area contributed by atoms with E-state index in [-0.39, 0.29) is 67.3 Å². The largest absolute Gasteiger partial charge is 0.497 e. The highest BCUT2D eigenvalue weighted by molar-refractivity contribution is 5.85. The summed E-state index contributed by atoms with van der Waals surface area (Å²) in [5, 5.41) is 4.50. The van der Waals surface area contributed by atoms with Gasteiger partial charge in [0.25, 0.3) is 0 Å². The first-order valence-electron chi connectivity index (χ1n) is 38.0. The van der Waals surface area contributed by atoms with E-state index in [4.69, 9.17) is 28.4 Å². The summed E-state index contributed by atoms with van der Waals surface area (Å²) in [6.45, 7) is 31.7. The van der Waals surface area contributed by atoms with Crippen molar-refractivity contribution in [2.75, 3.05) is 102 Å². The Bertz CT molecular complexity index is 4310. The summed E-state index contributed by atoms with van der Waals surface area (Å²) in [4.78, 5) is 61.3. The molecule has 107 heavy (non-hydrogen) atoms. The summed E-state index contributed by atoms with van der Waals surface area (Å²) < 4.78 is 38.0. The van der Waals surface area contributed by atoms with Gasteiger partial charge in [0.05, 0.1) is 84.6 Å². The lowest BCUT2D eigenvalue weighted by molar-refractivity contribution is 0.0877. The van der Waals surface area contributed by atoms with E-state index in [0.717, 1.165) is 177 Å². The smallest absolute Gasteiger partial charge is 0.325 e. The van der Waals surface area contributed by atoms with Crippen LogP contribution in [0.4, 0.5) is 14.4 Å². The zero-order valence-corrected chi connectivity index (χ0v) is 65.4. The lowest BCUT2D eigenvalue weighted by Gasteiger charge is -2.44. The molecule has 0 aliphatic carbocycles. The Morgan fingerprint density at radius 3 is 1.10 bits per heavy atom. The quantitative estimate of drug-likeness (QED) is 0.0957. The average molecular weight is 1470 g/mol. The topological polar surface area (TPSA) is 158 Å². The number of nitrogens with zero attached hydrogens (tertiary/aromatic N) is 12. The van der Waals surface area contributed by atoms with E-state index in [1.165, 1.54) is 39.3 Å². The van der Waals surface area contributed by atoms with Crippen molar-refractivity contribution < 1.29 is 42.8 Å². The lowest BCUT2D eigenvalue weighted by Crippen LogP contribution is -2.53. The average Bonchev–Trinajstić information content (AvgIpc) is 1.58. The normalized spacial score (nSPS) is 21.1. The molecule has 21 nitrogen and oxygen atoms in total. The number of rotatable bonds is 15. The Morgan fingerprint density at radius 1 is 0.458 bits per heavy atom. The number of likely N-dealkylation sites (N-methyl/N-ethyl adjacent to an activating group) is 3. The van der Waals surface area contributed by atoms with Crippen LogP contribution in [0.25, 0.3) is 0 Å². The van der Waals surface area contributed by atoms with E-state index in [9.17, 15) is 14.4 Å². The third-order valence-electron chi connectivity index (χ3n) is 24.4. The fourth-order valence-corrected chi connectivity index (χ4v) is 19.4. The number of allylic oxidation sites excluding steroid dienone is 3. The van der Waals surface area contributed by atoms with Gasteiger partial charge in [-0.1, -0.05) is 83.2 Å². The van der Waals surface area contributed by atoms with Gasteiger partial charge in [0, 0.05) is 186 Å². The molecule has 15 rings (SSSR count). The number of carbonyl (C=O) groups excluding carboxylic acids is 3. The van der Waals surface area contributed by atoms with Crippen LogP contribution in [-0.4, -0.2) is 195 Å². The number of amides is 6. The summed E-state index contributed by atoms with van der Waals surface area (Å²) >= 11 is 0. The van der Waals surface area contributed by atoms with Crippen LogP contribution in [0.2, 0.25) is 0 Å². The molecule has 3 atom stereocenters. The van der Waals surface area contributed by atoms with Gasteiger partial charge in [-0.3, -0.25) is 34.1 Å². The van der Waals surface area contributed by atoms with Crippen LogP contribution in [0, 0.1) is 20.8 Å². The van der Waals surface area contributed by atoms with Gasteiger partial charge in [0.15, 0.2) is 0 Å². The molecule has 3 spiro atoms. The minimum absolute atomic E-state index is 0. The van der Waals surface area contributed by atoms with Crippen LogP contribution >= 0.6 is 0 Å². The molecule has 0 unspecified atom stereocenters. The summed E-state index contributed by atoms with van der Waals surface area (Å²) in [5.74, 6) is 5.14. The van der Waals surface area contributed by atoms with E-state index in [2.05, 4.69) is 188 Å². The van der Waals surface area contributed by atoms with Gasteiger partial charge in [-0.05, 0) is 133 Å². The molecule has 0 N–H and O–H groups in total. The van der Waals surface area contributed by atoms with Gasteiger partial charge >= 0.3 is 18.1 Å². The van der Waals surface area contributed by atoms with Crippen LogP contribution in [0.15, 0.2) is 114 Å². The number of hydrogen-bond acceptors (Lipinski definition) is 13. The molecule has 11 heterocycles. The number of fused-ring (bicyclic) bond motifs is 9. The monoisotopic (exact) mass is 1460 g/mol. The SMILES string of the molecule is C.C.CCN1C(=O)N2Cc3cc(OC)cc(OC)c3[C@@H](C)C=C2C12CCN(Cc1cc(C)cc(C)c1)CC2.CCN1C(=O)N2Cc3cc(OC)cc(OC)c3[C@@H](C)C=C2C12CCN(Cc1cccn1C)CC2.CCN1C(=O)N2Cc3cc(OC)cc(OC)c3[C@@H](C)C=C2C12CCN(Cc1cn(C)nc1C)CC2. The molecule has 21 heteroatoms. The third-order valence-corrected chi connectivity index (χ3v) is 24.4. The molecule has 0 bridgehead atoms. The first-order chi connectivity index (χ1) is 50.5. The summed E-state index contributed by atoms with van der Waals surface area (Å²) in [5.41, 5.74) is 17.2. The number of urea groups is 3. The second-order valence-corrected chi connectivity index (χ2v) is 30.5. The zero-order chi connectivity index (χ0) is 74.6. The van der Waals surface area contributed by atoms with Gasteiger partial charge in [0.1, 0.15) is 34.5 Å². The minimum atomic E-state index is -0.264. The standard InChI is InChI=1S/C30H39N3O3.C27H37N5O3.C27H36N4O3.2CH4/c1-7-33-29(34)32-19-24-16-25(35-5)17-26(36-6)28(24)22(4)15-27(32)30(33)8-10-31(11-9-30)18-23-13-20(2)12-21(3)14-23;1-7-32-26(33)31-17-20-13-22(34-5)14-23(35-6)25(20)18(2)12-24(31)27(32)8-10-30(11-9-27)16-21-15-29(4)28-19(21)3;1-6-31-26(32)30-17-20-15-22(33-4)16-23(34-5)25(20)19(2)14-24(30)27(31)9-12-29(13-10-27)18-21-8-7-11-28(21)3;;/h12-17,22H,7-11,18-19H2,1-6H3;12-15,18H,7-11,16-17H2,1-6H3;7-8,11,14-16,19H,6,9-10,12-13,17-18H2,1-5H3;2*1H4/t22-;18-;19-;;/m000../s1. The highest BCUT2D eigenvalue weighted by Crippen LogP contribution is 2.53. The number of likely N-dealkylation sites (tertiary alicyclic amines) is 3. The molecule has 6 saturated heterocycles. The maximum Gasteiger partial charge on any atom is 0.325 e. The van der Waals surface area contributed by atoms with Gasteiger partial charge in [-0.2, -0.15) is 5.10 Å². The third kappa shape index (κ3) is 14.4. The number of aromatic nitrogens is 3. The van der Waals surface area contributed by atoms with Gasteiger partial charge < -0.3 is 47.7 Å². The Balaban J connectivity index is 0.000000158. The number of ether oxygens (including phenoxy) is 6. The van der Waals surface area contributed by atoms with E-state index in [1.807, 2.05) is 44.6 Å². The Labute approximate surface area is 637 Å². The molecule has 6 amide bonds. The predicted molar refractivity (Wildman–Crippen MR) is 423 cm³/mol. The lowest BCUT2D eigenvalue weighted by atomic mass is 9.82. The highest BCUT2D eigenvalue weighted by Gasteiger charge is 2.58. The number of carbonyl (C=O) groups is 3. The summed E-state index contributed by atoms with van der Waals surface area (Å²) in [6.07, 6.45) is 16.8. The first-order valence-corrected chi connectivity index (χ1v) is 38.0. The van der Waals surface area contributed by atoms with Crippen LogP contribution in [0.5, 0.6) is 34.5 Å². The summed E-state index contributed by atoms with van der Waals surface area (Å²) in [7, 11) is 14.2. The van der Waals surface area contributed by atoms with Gasteiger partial charge in [-0.25, -0.2) is 14.4 Å². The van der Waals surface area contributed by atoms with Crippen LogP contribution in [-0.2, 0) is 53.4 Å². The minimum Gasteiger partial charge on any atom is -0.497 e. The maximum absolute atomic E-state index is 13.8. The van der Waals surface area contributed by atoms with Crippen molar-refractivity contribution in [3.8, 4) is 34.5 Å². The molecule has 9 aliphatic rings. The number of piperidine rings is 3. The molecule has 0 radical (unpaired) electrons. The van der Waals surface area contributed by atoms with Crippen molar-refractivity contribution in [2.24, 2.45) is 14.1 Å². The molecule has 9 aliphatic heterocycles. The number of hydrogen-bond donors (Lipinski definition) is 0. The van der Waals surface area contributed by atoms with E-state index in [0.29, 0.717) is 39.3 Å². The number of methoxy groups -OCH3 is 6. The van der Waals surface area contributed by atoms with Crippen molar-refractivity contribution in [2.45, 2.75) is 189 Å². The molecule has 4 aromatic carbocycles. The molecule has 6 aromatic rings. The highest BCUT2D eigenvalue weighted by atomic mass is 16.5. The fraction of sp³-hybridized carbons (Fsp3) is 0.535. The van der Waals surface area contributed by atoms with Crippen molar-refractivity contribution in [1.29, 1.82) is 0 Å². The molecule has 0 saturated carbocycles. The maximum atomic E-state index is 13.8. The number of aryl methyl sites for hydroxylation is 5.